The lowest BCUT2D eigenvalue weighted by atomic mass is 10.2. The molecule has 3 aromatic rings. The predicted molar refractivity (Wildman–Crippen MR) is 101 cm³/mol. The smallest absolute Gasteiger partial charge is 0.257 e. The number of halogens is 1. The van der Waals surface area contributed by atoms with Gasteiger partial charge >= 0.3 is 0 Å². The average Bonchev–Trinajstić information content (AvgIpc) is 3.01. The Kier molecular flexibility index (Phi) is 4.81. The Labute approximate surface area is 154 Å². The maximum atomic E-state index is 12.4. The molecule has 0 saturated heterocycles. The number of benzene rings is 2. The molecule has 8 heteroatoms. The summed E-state index contributed by atoms with van der Waals surface area (Å²) in [5.41, 5.74) is 1.87. The fourth-order valence-electron chi connectivity index (χ4n) is 2.32. The zero-order chi connectivity index (χ0) is 18.2. The first-order valence-corrected chi connectivity index (χ1v) is 10.4. The summed E-state index contributed by atoms with van der Waals surface area (Å²) in [6.07, 6.45) is 0. The number of nitrogens with one attached hydrogen (secondary N) is 1. The number of carbonyl (C=O) groups excluding carboxylic acids is 1. The summed E-state index contributed by atoms with van der Waals surface area (Å²) in [5.74, 6) is -0.424. The number of carbonyl (C=O) groups is 1. The van der Waals surface area contributed by atoms with Gasteiger partial charge in [-0.05, 0) is 42.8 Å². The molecule has 0 unspecified atom stereocenters. The number of aryl methyl sites for hydroxylation is 1. The highest BCUT2D eigenvalue weighted by atomic mass is 35.5. The maximum absolute atomic E-state index is 12.4. The van der Waals surface area contributed by atoms with Gasteiger partial charge in [-0.3, -0.25) is 10.1 Å². The number of hydrogen-bond acceptors (Lipinski definition) is 5. The molecule has 1 heterocycles. The summed E-state index contributed by atoms with van der Waals surface area (Å²) in [6, 6.07) is 9.63. The van der Waals surface area contributed by atoms with E-state index in [0.29, 0.717) is 10.2 Å². The number of hydrogen-bond donors (Lipinski definition) is 1. The number of sulfone groups is 1. The molecule has 0 saturated carbocycles. The summed E-state index contributed by atoms with van der Waals surface area (Å²) in [4.78, 5) is 17.0. The van der Waals surface area contributed by atoms with Crippen molar-refractivity contribution >= 4 is 54.0 Å². The van der Waals surface area contributed by atoms with E-state index in [1.807, 2.05) is 13.0 Å². The van der Waals surface area contributed by atoms with Crippen LogP contribution in [-0.2, 0) is 9.84 Å². The van der Waals surface area contributed by atoms with E-state index in [0.717, 1.165) is 15.8 Å². The second-order valence-corrected chi connectivity index (χ2v) is 9.14. The molecule has 0 fully saturated rings. The van der Waals surface area contributed by atoms with Crippen LogP contribution >= 0.6 is 22.9 Å². The molecule has 0 atom stereocenters. The lowest BCUT2D eigenvalue weighted by molar-refractivity contribution is 0.102. The van der Waals surface area contributed by atoms with Gasteiger partial charge in [0, 0.05) is 10.6 Å². The highest BCUT2D eigenvalue weighted by Crippen LogP contribution is 2.31. The van der Waals surface area contributed by atoms with Gasteiger partial charge in [0.2, 0.25) is 0 Å². The van der Waals surface area contributed by atoms with Crippen LogP contribution < -0.4 is 5.32 Å². The zero-order valence-electron chi connectivity index (χ0n) is 13.5. The van der Waals surface area contributed by atoms with E-state index in [1.165, 1.54) is 23.5 Å². The molecule has 0 bridgehead atoms. The van der Waals surface area contributed by atoms with Gasteiger partial charge in [0.15, 0.2) is 15.0 Å². The number of nitrogens with zero attached hydrogens (tertiary/aromatic N) is 1. The summed E-state index contributed by atoms with van der Waals surface area (Å²) in [7, 11) is -3.37. The van der Waals surface area contributed by atoms with Crippen molar-refractivity contribution < 1.29 is 13.2 Å². The third-order valence-corrected chi connectivity index (χ3v) is 6.88. The summed E-state index contributed by atoms with van der Waals surface area (Å²) < 4.78 is 24.8. The van der Waals surface area contributed by atoms with Gasteiger partial charge in [-0.1, -0.05) is 35.9 Å². The average molecular weight is 395 g/mol. The van der Waals surface area contributed by atoms with Crippen LogP contribution in [0.3, 0.4) is 0 Å². The van der Waals surface area contributed by atoms with Crippen molar-refractivity contribution in [3.63, 3.8) is 0 Å². The molecule has 3 rings (SSSR count). The molecule has 5 nitrogen and oxygen atoms in total. The first kappa shape index (κ1) is 17.8. The molecule has 1 aromatic heterocycles. The van der Waals surface area contributed by atoms with E-state index in [2.05, 4.69) is 10.3 Å². The van der Waals surface area contributed by atoms with Gasteiger partial charge < -0.3 is 0 Å². The van der Waals surface area contributed by atoms with Crippen LogP contribution in [0.15, 0.2) is 41.3 Å². The van der Waals surface area contributed by atoms with E-state index in [9.17, 15) is 13.2 Å². The molecule has 0 radical (unpaired) electrons. The van der Waals surface area contributed by atoms with Crippen molar-refractivity contribution in [1.29, 1.82) is 0 Å². The number of rotatable bonds is 4. The number of fused-ring (bicyclic) bond motifs is 1. The molecule has 25 heavy (non-hydrogen) atoms. The van der Waals surface area contributed by atoms with Gasteiger partial charge in [0.25, 0.3) is 5.91 Å². The SMILES string of the molecule is CCS(=O)(=O)c1cccc(C(=O)Nc2nc3c(C)c(Cl)ccc3s2)c1. The number of anilines is 1. The molecule has 1 amide bonds. The minimum absolute atomic E-state index is 0.0179. The molecule has 0 aliphatic rings. The Morgan fingerprint density at radius 3 is 2.76 bits per heavy atom. The van der Waals surface area contributed by atoms with E-state index in [4.69, 9.17) is 11.6 Å². The van der Waals surface area contributed by atoms with Crippen LogP contribution in [0.25, 0.3) is 10.2 Å². The summed E-state index contributed by atoms with van der Waals surface area (Å²) >= 11 is 7.43. The van der Waals surface area contributed by atoms with Crippen molar-refractivity contribution in [3.05, 3.63) is 52.5 Å². The number of amides is 1. The van der Waals surface area contributed by atoms with E-state index >= 15 is 0 Å². The third-order valence-electron chi connectivity index (χ3n) is 3.80. The Morgan fingerprint density at radius 1 is 1.28 bits per heavy atom. The topological polar surface area (TPSA) is 76.1 Å². The largest absolute Gasteiger partial charge is 0.298 e. The minimum Gasteiger partial charge on any atom is -0.298 e. The minimum atomic E-state index is -3.37. The van der Waals surface area contributed by atoms with Crippen molar-refractivity contribution in [2.45, 2.75) is 18.7 Å². The lowest BCUT2D eigenvalue weighted by Crippen LogP contribution is -2.13. The van der Waals surface area contributed by atoms with Gasteiger partial charge in [-0.2, -0.15) is 0 Å². The standard InChI is InChI=1S/C17H15ClN2O3S2/c1-3-25(22,23)12-6-4-5-11(9-12)16(21)20-17-19-15-10(2)13(18)7-8-14(15)24-17/h4-9H,3H2,1-2H3,(H,19,20,21). The number of thiazole rings is 1. The fraction of sp³-hybridized carbons (Fsp3) is 0.176. The predicted octanol–water partition coefficient (Wildman–Crippen LogP) is 4.30. The summed E-state index contributed by atoms with van der Waals surface area (Å²) in [5, 5.41) is 3.78. The first-order valence-electron chi connectivity index (χ1n) is 7.51. The monoisotopic (exact) mass is 394 g/mol. The molecule has 1 N–H and O–H groups in total. The fourth-order valence-corrected chi connectivity index (χ4v) is 4.32. The van der Waals surface area contributed by atoms with Gasteiger partial charge in [-0.25, -0.2) is 13.4 Å². The zero-order valence-corrected chi connectivity index (χ0v) is 15.9. The van der Waals surface area contributed by atoms with Crippen LogP contribution in [0.2, 0.25) is 5.02 Å². The van der Waals surface area contributed by atoms with E-state index < -0.39 is 15.7 Å². The lowest BCUT2D eigenvalue weighted by Gasteiger charge is -2.05. The quantitative estimate of drug-likeness (QED) is 0.715. The van der Waals surface area contributed by atoms with Crippen LogP contribution in [-0.4, -0.2) is 25.1 Å². The Morgan fingerprint density at radius 2 is 2.04 bits per heavy atom. The maximum Gasteiger partial charge on any atom is 0.257 e. The Balaban J connectivity index is 1.90. The molecular weight excluding hydrogens is 380 g/mol. The number of aromatic nitrogens is 1. The molecule has 0 spiro atoms. The van der Waals surface area contributed by atoms with Gasteiger partial charge in [0.1, 0.15) is 0 Å². The Bertz CT molecular complexity index is 1070. The van der Waals surface area contributed by atoms with Crippen molar-refractivity contribution in [3.8, 4) is 0 Å². The molecule has 0 aliphatic heterocycles. The van der Waals surface area contributed by atoms with Crippen LogP contribution in [0.4, 0.5) is 5.13 Å². The van der Waals surface area contributed by atoms with Crippen molar-refractivity contribution in [1.82, 2.24) is 4.98 Å². The van der Waals surface area contributed by atoms with Gasteiger partial charge in [0.05, 0.1) is 20.9 Å². The highest BCUT2D eigenvalue weighted by molar-refractivity contribution is 7.91. The molecular formula is C17H15ClN2O3S2. The van der Waals surface area contributed by atoms with E-state index in [1.54, 1.807) is 25.1 Å². The molecule has 2 aromatic carbocycles. The summed E-state index contributed by atoms with van der Waals surface area (Å²) in [6.45, 7) is 3.44. The Hall–Kier alpha value is -1.96. The second-order valence-electron chi connectivity index (χ2n) is 5.42. The third kappa shape index (κ3) is 3.53. The first-order chi connectivity index (χ1) is 11.8. The molecule has 130 valence electrons. The normalized spacial score (nSPS) is 11.6. The molecule has 0 aliphatic carbocycles. The van der Waals surface area contributed by atoms with Crippen molar-refractivity contribution in [2.24, 2.45) is 0 Å². The van der Waals surface area contributed by atoms with Crippen molar-refractivity contribution in [2.75, 3.05) is 11.1 Å². The van der Waals surface area contributed by atoms with Gasteiger partial charge in [-0.15, -0.1) is 0 Å². The van der Waals surface area contributed by atoms with E-state index in [-0.39, 0.29) is 16.2 Å². The van der Waals surface area contributed by atoms with Crippen LogP contribution in [0.5, 0.6) is 0 Å². The second kappa shape index (κ2) is 6.74. The van der Waals surface area contributed by atoms with Crippen LogP contribution in [0.1, 0.15) is 22.8 Å². The van der Waals surface area contributed by atoms with Crippen LogP contribution in [0, 0.1) is 6.92 Å². The highest BCUT2D eigenvalue weighted by Gasteiger charge is 2.16.